The number of aromatic nitrogens is 5. The molecule has 0 unspecified atom stereocenters. The summed E-state index contributed by atoms with van der Waals surface area (Å²) in [5.41, 5.74) is 7.08. The summed E-state index contributed by atoms with van der Waals surface area (Å²) in [6.45, 7) is 0.613. The predicted octanol–water partition coefficient (Wildman–Crippen LogP) is 21.0. The van der Waals surface area contributed by atoms with Gasteiger partial charge in [-0.15, -0.1) is 0 Å². The van der Waals surface area contributed by atoms with Crippen molar-refractivity contribution in [3.05, 3.63) is 362 Å². The number of fused-ring (bicyclic) bond motifs is 13. The molecule has 0 aliphatic carbocycles. The number of nitrogens with zero attached hydrogens (tertiary/aromatic N) is 5. The quantitative estimate of drug-likeness (QED) is 0.0560. The van der Waals surface area contributed by atoms with Gasteiger partial charge < -0.3 is 9.30 Å². The van der Waals surface area contributed by atoms with Gasteiger partial charge in [0.25, 0.3) is 6.33 Å². The van der Waals surface area contributed by atoms with E-state index in [9.17, 15) is 21.9 Å². The molecule has 14 aromatic carbocycles. The van der Waals surface area contributed by atoms with Gasteiger partial charge in [0.2, 0.25) is 0 Å². The molecule has 0 spiro atoms. The number of pyridine rings is 1. The molecular weight excluding hydrogens is 1270 g/mol. The van der Waals surface area contributed by atoms with E-state index in [1.807, 2.05) is 149 Å². The summed E-state index contributed by atoms with van der Waals surface area (Å²) in [5, 5.41) is -0.517. The van der Waals surface area contributed by atoms with Crippen LogP contribution in [-0.2, 0) is 5.41 Å². The lowest BCUT2D eigenvalue weighted by atomic mass is 9.87. The van der Waals surface area contributed by atoms with Crippen molar-refractivity contribution in [3.63, 3.8) is 0 Å². The van der Waals surface area contributed by atoms with Gasteiger partial charge in [-0.05, 0) is 191 Å². The lowest BCUT2D eigenvalue weighted by molar-refractivity contribution is -0.571. The Kier molecular flexibility index (Phi) is 9.56. The van der Waals surface area contributed by atoms with E-state index in [4.69, 9.17) is 22.1 Å². The smallest absolute Gasteiger partial charge is 0.269 e. The minimum Gasteiger partial charge on any atom is -0.458 e. The number of hydrogen-bond donors (Lipinski definition) is 0. The molecule has 0 atom stereocenters. The fourth-order valence-electron chi connectivity index (χ4n) is 15.1. The van der Waals surface area contributed by atoms with Crippen LogP contribution in [0.25, 0.3) is 133 Å². The van der Waals surface area contributed by atoms with E-state index in [-0.39, 0.29) is 50.1 Å². The monoisotopic (exact) mass is 1360 g/mol. The minimum absolute atomic E-state index is 0.0679. The highest BCUT2D eigenvalue weighted by atomic mass is 28.3. The van der Waals surface area contributed by atoms with Crippen LogP contribution in [0.3, 0.4) is 0 Å². The number of ether oxygens (including phenoxy) is 1. The minimum atomic E-state index is -6.41. The maximum atomic E-state index is 11.2. The lowest BCUT2D eigenvalue weighted by Crippen LogP contribution is -2.74. The molecule has 6 nitrogen and oxygen atoms in total. The molecule has 1 aliphatic heterocycles. The van der Waals surface area contributed by atoms with Crippen LogP contribution in [0.15, 0.2) is 339 Å². The van der Waals surface area contributed by atoms with Gasteiger partial charge in [0, 0.05) is 42.0 Å². The van der Waals surface area contributed by atoms with Crippen molar-refractivity contribution in [2.24, 2.45) is 0 Å². The molecule has 4 aromatic heterocycles. The first kappa shape index (κ1) is 40.5. The van der Waals surface area contributed by atoms with Crippen molar-refractivity contribution < 1.29 is 43.6 Å². The van der Waals surface area contributed by atoms with Crippen LogP contribution in [-0.4, -0.2) is 26.8 Å². The third-order valence-electron chi connectivity index (χ3n) is 19.7. The summed E-state index contributed by atoms with van der Waals surface area (Å²) < 4.78 is 255. The normalized spacial score (nSPS) is 15.8. The zero-order valence-corrected chi connectivity index (χ0v) is 56.5. The van der Waals surface area contributed by atoms with Crippen LogP contribution in [0.4, 0.5) is 0 Å². The fourth-order valence-corrected chi connectivity index (χ4v) is 18.7. The van der Waals surface area contributed by atoms with E-state index in [1.165, 1.54) is 18.2 Å². The van der Waals surface area contributed by atoms with Crippen molar-refractivity contribution in [1.29, 1.82) is 0 Å². The Balaban J connectivity index is 0.990. The van der Waals surface area contributed by atoms with Gasteiger partial charge in [-0.1, -0.05) is 269 Å². The summed E-state index contributed by atoms with van der Waals surface area (Å²) in [7, 11) is -6.41. The Bertz CT molecular complexity index is 7560. The van der Waals surface area contributed by atoms with Gasteiger partial charge in [0.1, 0.15) is 17.3 Å². The van der Waals surface area contributed by atoms with Gasteiger partial charge in [-0.25, -0.2) is 4.98 Å². The first-order valence-corrected chi connectivity index (χ1v) is 35.5. The Morgan fingerprint density at radius 2 is 0.961 bits per heavy atom. The van der Waals surface area contributed by atoms with Crippen molar-refractivity contribution in [1.82, 2.24) is 18.7 Å². The highest BCUT2D eigenvalue weighted by Gasteiger charge is 2.42. The van der Waals surface area contributed by atoms with Crippen LogP contribution in [0, 0.1) is 20.0 Å². The first-order chi connectivity index (χ1) is 60.9. The van der Waals surface area contributed by atoms with Gasteiger partial charge in [0.15, 0.2) is 8.07 Å². The zero-order chi connectivity index (χ0) is 90.6. The molecule has 0 radical (unpaired) electrons. The van der Waals surface area contributed by atoms with Gasteiger partial charge in [0.05, 0.1) is 76.2 Å². The molecule has 0 saturated carbocycles. The van der Waals surface area contributed by atoms with Crippen molar-refractivity contribution in [3.8, 4) is 90.0 Å². The molecule has 103 heavy (non-hydrogen) atoms. The zero-order valence-electron chi connectivity index (χ0n) is 80.5. The SMILES string of the molecule is [2H]c1c([2H])c([2H])c([Si](c2c([2H])c([2H])c([2H])c([2H])c2[2H])(c2c([2H])c([2H])c([2H])c([2H])c2[2H])c2c([2H])c([2H])c([2H])c(-c3cc4c5c(c3)n(-c3cccc(Oc6ccc7c8ccccc8n(-c8cc(C(C)(C)C)ccn8)c7c6)c3)[c-][n+]5-c3c(cc(-c5c(C([2H])([2H])[2H])cccc5C([2H])([2H])[2H])cc3-n3c5ccccc5c5ccccc53)-c3ccccc3-c3ccccc3-4)c2[2H])c([2H])c1[2H]. The Labute approximate surface area is 635 Å². The molecule has 18 aromatic rings. The largest absolute Gasteiger partial charge is 0.458 e. The summed E-state index contributed by atoms with van der Waals surface area (Å²) >= 11 is 0. The number of imidazole rings is 1. The Morgan fingerprint density at radius 3 is 1.57 bits per heavy atom. The predicted molar refractivity (Wildman–Crippen MR) is 429 cm³/mol. The number of rotatable bonds is 11. The molecule has 0 saturated heterocycles. The maximum Gasteiger partial charge on any atom is 0.269 e. The molecule has 0 fully saturated rings. The molecule has 1 aliphatic rings. The molecule has 490 valence electrons. The van der Waals surface area contributed by atoms with Gasteiger partial charge in [-0.3, -0.25) is 13.7 Å². The molecule has 5 heterocycles. The summed E-state index contributed by atoms with van der Waals surface area (Å²) in [6, 6.07) is 45.3. The Hall–Kier alpha value is -12.7. The molecule has 7 heteroatoms. The second-order valence-corrected chi connectivity index (χ2v) is 30.0. The number of para-hydroxylation sites is 3. The Morgan fingerprint density at radius 1 is 0.427 bits per heavy atom. The molecule has 0 N–H and O–H groups in total. The van der Waals surface area contributed by atoms with Crippen LogP contribution < -0.4 is 30.1 Å². The van der Waals surface area contributed by atoms with E-state index in [0.717, 1.165) is 38.1 Å². The van der Waals surface area contributed by atoms with Crippen LogP contribution >= 0.6 is 0 Å². The second kappa shape index (κ2) is 24.3. The first-order valence-electron chi connectivity index (χ1n) is 46.0. The van der Waals surface area contributed by atoms with Crippen molar-refractivity contribution in [2.75, 3.05) is 0 Å². The number of hydrogen-bond acceptors (Lipinski definition) is 2. The van der Waals surface area contributed by atoms with E-state index in [0.29, 0.717) is 73.0 Å². The highest BCUT2D eigenvalue weighted by Crippen LogP contribution is 2.49. The topological polar surface area (TPSA) is 40.8 Å². The third kappa shape index (κ3) is 9.97. The van der Waals surface area contributed by atoms with Crippen LogP contribution in [0.5, 0.6) is 11.5 Å². The summed E-state index contributed by atoms with van der Waals surface area (Å²) in [5.74, 6) is 1.37. The van der Waals surface area contributed by atoms with Crippen LogP contribution in [0.2, 0.25) is 0 Å². The second-order valence-electron chi connectivity index (χ2n) is 26.5. The van der Waals surface area contributed by atoms with E-state index < -0.39 is 163 Å². The molecule has 19 rings (SSSR count). The number of aryl methyl sites for hydroxylation is 2. The van der Waals surface area contributed by atoms with Crippen molar-refractivity contribution in [2.45, 2.75) is 39.9 Å². The average molecular weight is 1360 g/mol. The average Bonchev–Trinajstić information content (AvgIpc) is 1.46. The summed E-state index contributed by atoms with van der Waals surface area (Å²) in [6.07, 6.45) is 5.61. The molecular formula is C96H71N5OSi. The highest BCUT2D eigenvalue weighted by molar-refractivity contribution is 7.20. The van der Waals surface area contributed by atoms with E-state index >= 15 is 0 Å². The van der Waals surface area contributed by atoms with Crippen LogP contribution in [0.1, 0.15) is 71.7 Å². The summed E-state index contributed by atoms with van der Waals surface area (Å²) in [4.78, 5) is 4.92. The molecule has 0 amide bonds. The standard InChI is InChI=1S/C96H71N5OSi/c1-63-28-25-29-64(2)93(63)67-56-85-79-43-18-16-41-77(79)76-40-15-17-42-78(76)84-55-66(65-30-26-39-75(54-65)103(72-33-9-6-10-34-72,73-35-11-7-12-36-73)74-37-13-8-14-38-74)57-90-94(84)99(95(85)91(58-67)100-86-47-22-19-44-80(86)81-45-20-23-48-87(81)100)62-98(90)69-31-27-32-70(60-69)102-71-50-51-83-82-46-21-24-49-88(82)101(89(83)61-71)92-59-68(52-53-97-92)96(3,4)5/h6-61H,1-5H3/i1D3,2D3,6D,7D,8D,9D,10D,11D,12D,13D,14D,26D,30D,33D,34D,35D,36D,37D,38D,39D,54D. The molecule has 0 bridgehead atoms. The fraction of sp³-hybridized carbons (Fsp3) is 0.0625. The lowest BCUT2D eigenvalue weighted by Gasteiger charge is -2.34. The third-order valence-corrected chi connectivity index (χ3v) is 23.7. The van der Waals surface area contributed by atoms with Gasteiger partial charge >= 0.3 is 0 Å². The number of benzene rings is 14. The van der Waals surface area contributed by atoms with Crippen molar-refractivity contribution >= 4 is 83.5 Å². The van der Waals surface area contributed by atoms with E-state index in [1.54, 1.807) is 65.4 Å². The van der Waals surface area contributed by atoms with E-state index in [2.05, 4.69) is 37.7 Å². The maximum absolute atomic E-state index is 11.2. The van der Waals surface area contributed by atoms with Gasteiger partial charge in [-0.2, -0.15) is 0 Å².